The molecule has 0 aliphatic carbocycles. The number of carbonyl (C=O) groups is 3. The lowest BCUT2D eigenvalue weighted by Gasteiger charge is -2.23. The highest BCUT2D eigenvalue weighted by Crippen LogP contribution is 2.30. The quantitative estimate of drug-likeness (QED) is 0.573. The largest absolute Gasteiger partial charge is 0.450 e. The van der Waals surface area contributed by atoms with E-state index in [9.17, 15) is 22.8 Å². The minimum absolute atomic E-state index is 0.00268. The van der Waals surface area contributed by atoms with Gasteiger partial charge in [0.1, 0.15) is 0 Å². The SMILES string of the molecule is CC(=O)OC(C)(C)C(=O)Nc1ccc(S(=O)(=O)c2ccc(NC(=O)C(C)(C)C)cc2)cc1Cl. The second kappa shape index (κ2) is 9.52. The van der Waals surface area contributed by atoms with E-state index in [1.807, 2.05) is 0 Å². The van der Waals surface area contributed by atoms with Gasteiger partial charge in [0, 0.05) is 18.0 Å². The van der Waals surface area contributed by atoms with Gasteiger partial charge in [-0.05, 0) is 56.3 Å². The maximum absolute atomic E-state index is 13.0. The molecule has 0 saturated carbocycles. The van der Waals surface area contributed by atoms with Crippen LogP contribution in [0.5, 0.6) is 0 Å². The first-order chi connectivity index (χ1) is 15.0. The maximum atomic E-state index is 13.0. The Morgan fingerprint density at radius 3 is 1.88 bits per heavy atom. The smallest absolute Gasteiger partial charge is 0.303 e. The van der Waals surface area contributed by atoms with Crippen LogP contribution in [0.3, 0.4) is 0 Å². The lowest BCUT2D eigenvalue weighted by molar-refractivity contribution is -0.160. The number of halogens is 1. The Morgan fingerprint density at radius 1 is 0.848 bits per heavy atom. The van der Waals surface area contributed by atoms with E-state index in [0.29, 0.717) is 5.69 Å². The molecule has 0 spiro atoms. The number of hydrogen-bond donors (Lipinski definition) is 2. The molecule has 2 N–H and O–H groups in total. The lowest BCUT2D eigenvalue weighted by Crippen LogP contribution is -2.41. The van der Waals surface area contributed by atoms with Crippen molar-refractivity contribution in [2.45, 2.75) is 56.9 Å². The first-order valence-electron chi connectivity index (χ1n) is 10.0. The first kappa shape index (κ1) is 26.3. The van der Waals surface area contributed by atoms with Gasteiger partial charge in [-0.15, -0.1) is 0 Å². The van der Waals surface area contributed by atoms with Crippen molar-refractivity contribution >= 4 is 50.6 Å². The van der Waals surface area contributed by atoms with Crippen LogP contribution in [0, 0.1) is 5.41 Å². The third-order valence-electron chi connectivity index (χ3n) is 4.55. The molecule has 0 aliphatic heterocycles. The molecule has 178 valence electrons. The summed E-state index contributed by atoms with van der Waals surface area (Å²) in [5.41, 5.74) is -1.39. The molecule has 2 rings (SSSR count). The van der Waals surface area contributed by atoms with Gasteiger partial charge in [0.25, 0.3) is 5.91 Å². The van der Waals surface area contributed by atoms with Gasteiger partial charge in [0.05, 0.1) is 20.5 Å². The Morgan fingerprint density at radius 2 is 1.39 bits per heavy atom. The topological polar surface area (TPSA) is 119 Å². The van der Waals surface area contributed by atoms with Crippen molar-refractivity contribution in [2.24, 2.45) is 5.41 Å². The molecule has 0 aromatic heterocycles. The van der Waals surface area contributed by atoms with Crippen LogP contribution in [-0.4, -0.2) is 31.8 Å². The summed E-state index contributed by atoms with van der Waals surface area (Å²) in [7, 11) is -3.90. The number of amides is 2. The van der Waals surface area contributed by atoms with Crippen LogP contribution in [-0.2, 0) is 29.0 Å². The highest BCUT2D eigenvalue weighted by Gasteiger charge is 2.31. The predicted molar refractivity (Wildman–Crippen MR) is 126 cm³/mol. The first-order valence-corrected chi connectivity index (χ1v) is 11.9. The zero-order valence-corrected chi connectivity index (χ0v) is 20.8. The van der Waals surface area contributed by atoms with E-state index in [2.05, 4.69) is 10.6 Å². The highest BCUT2D eigenvalue weighted by molar-refractivity contribution is 7.91. The highest BCUT2D eigenvalue weighted by atomic mass is 35.5. The van der Waals surface area contributed by atoms with Gasteiger partial charge in [-0.25, -0.2) is 8.42 Å². The molecular formula is C23H27ClN2O6S. The van der Waals surface area contributed by atoms with Crippen molar-refractivity contribution < 1.29 is 27.5 Å². The molecule has 0 fully saturated rings. The fourth-order valence-corrected chi connectivity index (χ4v) is 4.19. The third kappa shape index (κ3) is 6.55. The van der Waals surface area contributed by atoms with Crippen LogP contribution in [0.4, 0.5) is 11.4 Å². The van der Waals surface area contributed by atoms with Crippen molar-refractivity contribution in [3.63, 3.8) is 0 Å². The Balaban J connectivity index is 2.23. The summed E-state index contributed by atoms with van der Waals surface area (Å²) < 4.78 is 31.0. The van der Waals surface area contributed by atoms with E-state index in [-0.39, 0.29) is 26.4 Å². The molecule has 2 aromatic carbocycles. The van der Waals surface area contributed by atoms with E-state index in [1.54, 1.807) is 20.8 Å². The number of carbonyl (C=O) groups excluding carboxylic acids is 3. The molecule has 0 unspecified atom stereocenters. The molecule has 0 atom stereocenters. The summed E-state index contributed by atoms with van der Waals surface area (Å²) in [6, 6.07) is 9.67. The molecule has 0 bridgehead atoms. The molecule has 0 heterocycles. The number of ether oxygens (including phenoxy) is 1. The maximum Gasteiger partial charge on any atom is 0.303 e. The number of benzene rings is 2. The second-order valence-corrected chi connectivity index (χ2v) is 11.3. The number of sulfone groups is 1. The Hall–Kier alpha value is -2.91. The molecule has 2 aromatic rings. The van der Waals surface area contributed by atoms with Crippen molar-refractivity contribution in [3.05, 3.63) is 47.5 Å². The van der Waals surface area contributed by atoms with Crippen LogP contribution in [0.2, 0.25) is 5.02 Å². The zero-order valence-electron chi connectivity index (χ0n) is 19.3. The van der Waals surface area contributed by atoms with Gasteiger partial charge in [0.15, 0.2) is 5.60 Å². The lowest BCUT2D eigenvalue weighted by atomic mass is 9.95. The number of rotatable bonds is 6. The van der Waals surface area contributed by atoms with Gasteiger partial charge in [0.2, 0.25) is 15.7 Å². The fraction of sp³-hybridized carbons (Fsp3) is 0.348. The van der Waals surface area contributed by atoms with E-state index >= 15 is 0 Å². The van der Waals surface area contributed by atoms with Crippen LogP contribution < -0.4 is 10.6 Å². The molecule has 0 radical (unpaired) electrons. The average molecular weight is 495 g/mol. The Bertz CT molecular complexity index is 1180. The van der Waals surface area contributed by atoms with E-state index in [1.165, 1.54) is 63.2 Å². The number of anilines is 2. The van der Waals surface area contributed by atoms with Crippen LogP contribution >= 0.6 is 11.6 Å². The minimum atomic E-state index is -3.90. The molecule has 0 saturated heterocycles. The van der Waals surface area contributed by atoms with Crippen LogP contribution in [0.15, 0.2) is 52.3 Å². The summed E-state index contributed by atoms with van der Waals surface area (Å²) in [4.78, 5) is 35.6. The number of esters is 1. The summed E-state index contributed by atoms with van der Waals surface area (Å²) >= 11 is 6.21. The Kier molecular flexibility index (Phi) is 7.60. The van der Waals surface area contributed by atoms with Gasteiger partial charge in [-0.3, -0.25) is 14.4 Å². The molecule has 10 heteroatoms. The van der Waals surface area contributed by atoms with Crippen LogP contribution in [0.1, 0.15) is 41.5 Å². The summed E-state index contributed by atoms with van der Waals surface area (Å²) in [5.74, 6) is -1.44. The predicted octanol–water partition coefficient (Wildman–Crippen LogP) is 4.44. The van der Waals surface area contributed by atoms with E-state index in [0.717, 1.165) is 0 Å². The van der Waals surface area contributed by atoms with Crippen molar-refractivity contribution in [1.29, 1.82) is 0 Å². The monoisotopic (exact) mass is 494 g/mol. The van der Waals surface area contributed by atoms with Crippen molar-refractivity contribution in [3.8, 4) is 0 Å². The zero-order chi connectivity index (χ0) is 25.2. The van der Waals surface area contributed by atoms with Crippen molar-refractivity contribution in [1.82, 2.24) is 0 Å². The van der Waals surface area contributed by atoms with Gasteiger partial charge in [-0.2, -0.15) is 0 Å². The van der Waals surface area contributed by atoms with Crippen LogP contribution in [0.25, 0.3) is 0 Å². The summed E-state index contributed by atoms with van der Waals surface area (Å²) in [6.07, 6.45) is 0. The number of hydrogen-bond acceptors (Lipinski definition) is 6. The number of nitrogens with one attached hydrogen (secondary N) is 2. The fourth-order valence-electron chi connectivity index (χ4n) is 2.61. The normalized spacial score (nSPS) is 12.1. The molecule has 33 heavy (non-hydrogen) atoms. The van der Waals surface area contributed by atoms with E-state index < -0.39 is 32.7 Å². The van der Waals surface area contributed by atoms with Gasteiger partial charge < -0.3 is 15.4 Å². The third-order valence-corrected chi connectivity index (χ3v) is 6.63. The van der Waals surface area contributed by atoms with E-state index in [4.69, 9.17) is 16.3 Å². The average Bonchev–Trinajstić information content (AvgIpc) is 2.68. The molecule has 2 amide bonds. The second-order valence-electron chi connectivity index (χ2n) is 8.93. The molecular weight excluding hydrogens is 468 g/mol. The minimum Gasteiger partial charge on any atom is -0.450 e. The summed E-state index contributed by atoms with van der Waals surface area (Å²) in [6.45, 7) is 9.35. The standard InChI is InChI=1S/C23H27ClN2O6S/c1-14(27)32-23(5,6)21(29)26-19-12-11-17(13-18(19)24)33(30,31)16-9-7-15(8-10-16)25-20(28)22(2,3)4/h7-13H,1-6H3,(H,25,28)(H,26,29). The van der Waals surface area contributed by atoms with Gasteiger partial charge in [-0.1, -0.05) is 32.4 Å². The molecule has 8 nitrogen and oxygen atoms in total. The summed E-state index contributed by atoms with van der Waals surface area (Å²) in [5, 5.41) is 5.26. The molecule has 0 aliphatic rings. The van der Waals surface area contributed by atoms with Gasteiger partial charge >= 0.3 is 5.97 Å². The van der Waals surface area contributed by atoms with Crippen molar-refractivity contribution in [2.75, 3.05) is 10.6 Å². The Labute approximate surface area is 198 Å².